The smallest absolute Gasteiger partial charge is 0.417 e. The second-order valence-electron chi connectivity index (χ2n) is 18.7. The van der Waals surface area contributed by atoms with E-state index in [0.29, 0.717) is 11.8 Å². The van der Waals surface area contributed by atoms with Crippen LogP contribution in [0.5, 0.6) is 5.75 Å². The molecule has 6 rings (SSSR count). The number of thiocarbonyl (C=S) groups is 1. The van der Waals surface area contributed by atoms with Crippen LogP contribution in [0.25, 0.3) is 10.4 Å². The summed E-state index contributed by atoms with van der Waals surface area (Å²) in [6.45, 7) is 7.99. The zero-order chi connectivity index (χ0) is 53.6. The first-order chi connectivity index (χ1) is 34.3. The molecule has 73 heavy (non-hydrogen) atoms. The van der Waals surface area contributed by atoms with Crippen LogP contribution in [-0.4, -0.2) is 118 Å². The first-order valence-electron chi connectivity index (χ1n) is 22.7. The highest BCUT2D eigenvalue weighted by Crippen LogP contribution is 2.40. The molecule has 3 atom stereocenters. The van der Waals surface area contributed by atoms with Crippen molar-refractivity contribution < 1.29 is 56.6 Å². The van der Waals surface area contributed by atoms with Crippen molar-refractivity contribution in [1.29, 1.82) is 5.26 Å². The molecule has 2 aliphatic rings. The highest BCUT2D eigenvalue weighted by molar-refractivity contribution is 7.81. The summed E-state index contributed by atoms with van der Waals surface area (Å²) in [5.74, 6) is -4.41. The molecule has 19 nitrogen and oxygen atoms in total. The van der Waals surface area contributed by atoms with Gasteiger partial charge in [0.2, 0.25) is 29.5 Å². The van der Waals surface area contributed by atoms with Crippen LogP contribution in [-0.2, 0) is 46.3 Å². The largest absolute Gasteiger partial charge is 0.484 e. The molecule has 3 aromatic carbocycles. The van der Waals surface area contributed by atoms with Gasteiger partial charge in [0, 0.05) is 25.2 Å². The number of halogens is 3. The van der Waals surface area contributed by atoms with Crippen LogP contribution in [0, 0.1) is 23.7 Å². The number of likely N-dealkylation sites (tertiary alicyclic amines) is 1. The number of aryl methyl sites for hydroxylation is 1. The number of anilines is 2. The first-order valence-corrected chi connectivity index (χ1v) is 24.0. The quantitative estimate of drug-likeness (QED) is 0.0830. The lowest BCUT2D eigenvalue weighted by molar-refractivity contribution is -0.144. The molecule has 0 radical (unpaired) electrons. The van der Waals surface area contributed by atoms with Gasteiger partial charge in [0.05, 0.1) is 64.7 Å². The highest BCUT2D eigenvalue weighted by Gasteiger charge is 2.51. The summed E-state index contributed by atoms with van der Waals surface area (Å²) < 4.78 is 46.7. The molecule has 1 unspecified atom stereocenters. The van der Waals surface area contributed by atoms with Crippen molar-refractivity contribution in [3.05, 3.63) is 94.6 Å². The van der Waals surface area contributed by atoms with Crippen molar-refractivity contribution in [3.63, 3.8) is 0 Å². The SMILES string of the molecule is Cc1ncsc1-c1ccc(CNC(=O)C2C[C@@H](O)CN2C(=O)[C@@H](NC(=O)CNC(=O)CNC(=O)CNC(=O)COc2ccc(N3C(=S)N(c4ccc(C#N)c(C(F)(F)F)c4)C(=O)C3(C)C)cc2)C(C)(C)C)cc1. The lowest BCUT2D eigenvalue weighted by Crippen LogP contribution is -2.58. The summed E-state index contributed by atoms with van der Waals surface area (Å²) in [4.78, 5) is 100. The first kappa shape index (κ1) is 54.8. The Hall–Kier alpha value is -7.49. The second-order valence-corrected chi connectivity index (χ2v) is 19.9. The molecule has 386 valence electrons. The highest BCUT2D eigenvalue weighted by atomic mass is 32.1. The Labute approximate surface area is 427 Å². The third-order valence-electron chi connectivity index (χ3n) is 11.9. The summed E-state index contributed by atoms with van der Waals surface area (Å²) in [7, 11) is 0. The number of carbonyl (C=O) groups is 7. The zero-order valence-electron chi connectivity index (χ0n) is 40.5. The third kappa shape index (κ3) is 13.1. The molecule has 0 aliphatic carbocycles. The van der Waals surface area contributed by atoms with Crippen LogP contribution in [0.1, 0.15) is 63.4 Å². The molecule has 0 spiro atoms. The van der Waals surface area contributed by atoms with Crippen LogP contribution >= 0.6 is 23.6 Å². The number of amides is 7. The number of benzene rings is 3. The van der Waals surface area contributed by atoms with E-state index in [1.54, 1.807) is 26.3 Å². The van der Waals surface area contributed by atoms with E-state index in [1.165, 1.54) is 71.4 Å². The summed E-state index contributed by atoms with van der Waals surface area (Å²) in [5, 5.41) is 32.1. The number of nitrogens with zero attached hydrogens (tertiary/aromatic N) is 5. The maximum atomic E-state index is 14.0. The van der Waals surface area contributed by atoms with Gasteiger partial charge in [-0.2, -0.15) is 18.4 Å². The average molecular weight is 1050 g/mol. The molecule has 1 aromatic heterocycles. The molecule has 0 saturated carbocycles. The van der Waals surface area contributed by atoms with Gasteiger partial charge in [-0.25, -0.2) is 4.98 Å². The van der Waals surface area contributed by atoms with E-state index < -0.39 is 114 Å². The molecule has 6 N–H and O–H groups in total. The number of ether oxygens (including phenoxy) is 1. The van der Waals surface area contributed by atoms with Crippen molar-refractivity contribution in [3.8, 4) is 22.3 Å². The molecule has 2 saturated heterocycles. The van der Waals surface area contributed by atoms with Gasteiger partial charge in [0.1, 0.15) is 23.4 Å². The fraction of sp³-hybridized carbons (Fsp3) is 0.388. The van der Waals surface area contributed by atoms with Crippen molar-refractivity contribution in [2.45, 2.75) is 84.4 Å². The van der Waals surface area contributed by atoms with E-state index in [0.717, 1.165) is 32.7 Å². The minimum absolute atomic E-state index is 0.00364. The minimum Gasteiger partial charge on any atom is -0.484 e. The number of aliphatic hydroxyl groups is 1. The van der Waals surface area contributed by atoms with E-state index in [2.05, 4.69) is 31.6 Å². The van der Waals surface area contributed by atoms with Gasteiger partial charge in [0.25, 0.3) is 11.8 Å². The Balaban J connectivity index is 0.915. The van der Waals surface area contributed by atoms with Crippen LogP contribution in [0.4, 0.5) is 24.5 Å². The van der Waals surface area contributed by atoms with E-state index in [1.807, 2.05) is 31.2 Å². The number of carbonyl (C=O) groups excluding carboxylic acids is 7. The predicted molar refractivity (Wildman–Crippen MR) is 265 cm³/mol. The van der Waals surface area contributed by atoms with Gasteiger partial charge in [-0.15, -0.1) is 11.3 Å². The normalized spacial score (nSPS) is 16.9. The maximum Gasteiger partial charge on any atom is 0.417 e. The number of nitrogens with one attached hydrogen (secondary N) is 5. The van der Waals surface area contributed by atoms with Crippen LogP contribution < -0.4 is 41.1 Å². The lowest BCUT2D eigenvalue weighted by Gasteiger charge is -2.35. The number of thiazole rings is 1. The van der Waals surface area contributed by atoms with Crippen LogP contribution in [0.3, 0.4) is 0 Å². The van der Waals surface area contributed by atoms with Crippen molar-refractivity contribution in [2.75, 3.05) is 42.6 Å². The maximum absolute atomic E-state index is 14.0. The van der Waals surface area contributed by atoms with Gasteiger partial charge in [-0.3, -0.25) is 38.5 Å². The van der Waals surface area contributed by atoms with E-state index in [4.69, 9.17) is 17.0 Å². The van der Waals surface area contributed by atoms with Crippen LogP contribution in [0.15, 0.2) is 72.2 Å². The standard InChI is InChI=1S/C49H53F3N10O9S2/c1-27-41(73-26-58-27)29-9-7-28(8-10-29)20-57-43(68)36-18-33(63)24-60(36)44(69)42(47(2,3)4)59-39(66)23-55-37(64)21-54-38(65)22-56-40(67)25-71-34-15-13-31(14-16-34)62-46(72)61(45(70)48(62,5)6)32-12-11-30(19-53)35(17-32)49(50,51)52/h7-17,26,33,36,42,63H,18,20-25H2,1-6H3,(H,54,65)(H,55,64)(H,56,67)(H,57,68)(H,59,66)/t33-,36?,42-/m1/s1. The number of aromatic nitrogens is 1. The lowest BCUT2D eigenvalue weighted by atomic mass is 9.85. The number of rotatable bonds is 17. The molecule has 2 fully saturated rings. The Bertz CT molecular complexity index is 2830. The third-order valence-corrected chi connectivity index (χ3v) is 13.2. The van der Waals surface area contributed by atoms with Gasteiger partial charge >= 0.3 is 6.18 Å². The number of hydrogen-bond donors (Lipinski definition) is 6. The zero-order valence-corrected chi connectivity index (χ0v) is 42.1. The Morgan fingerprint density at radius 3 is 2.08 bits per heavy atom. The molecule has 2 aliphatic heterocycles. The second kappa shape index (κ2) is 22.5. The number of β-amino-alcohol motifs (C(OH)–C–C–N with tert-alkyl or cyclic N) is 1. The fourth-order valence-corrected chi connectivity index (χ4v) is 9.34. The molecule has 4 aromatic rings. The Morgan fingerprint density at radius 1 is 0.904 bits per heavy atom. The van der Waals surface area contributed by atoms with Gasteiger partial charge in [-0.1, -0.05) is 45.0 Å². The molecule has 0 bridgehead atoms. The number of hydrogen-bond acceptors (Lipinski definition) is 13. The van der Waals surface area contributed by atoms with Gasteiger partial charge < -0.3 is 46.2 Å². The number of nitriles is 1. The molecule has 24 heteroatoms. The van der Waals surface area contributed by atoms with Gasteiger partial charge in [0.15, 0.2) is 11.7 Å². The summed E-state index contributed by atoms with van der Waals surface area (Å²) in [6, 6.07) is 15.8. The van der Waals surface area contributed by atoms with Crippen molar-refractivity contribution in [1.82, 2.24) is 36.5 Å². The predicted octanol–water partition coefficient (Wildman–Crippen LogP) is 3.46. The van der Waals surface area contributed by atoms with E-state index >= 15 is 0 Å². The minimum atomic E-state index is -4.86. The molecular formula is C49H53F3N10O9S2. The fourth-order valence-electron chi connectivity index (χ4n) is 8.00. The Kier molecular flexibility index (Phi) is 16.9. The number of aliphatic hydroxyl groups excluding tert-OH is 1. The summed E-state index contributed by atoms with van der Waals surface area (Å²) in [5.41, 5.74) is 0.694. The monoisotopic (exact) mass is 1050 g/mol. The van der Waals surface area contributed by atoms with Crippen molar-refractivity contribution in [2.24, 2.45) is 5.41 Å². The Morgan fingerprint density at radius 2 is 1.51 bits per heavy atom. The summed E-state index contributed by atoms with van der Waals surface area (Å²) in [6.07, 6.45) is -5.84. The van der Waals surface area contributed by atoms with E-state index in [9.17, 15) is 57.1 Å². The number of alkyl halides is 3. The average Bonchev–Trinajstić information content (AvgIpc) is 4.01. The van der Waals surface area contributed by atoms with E-state index in [-0.39, 0.29) is 36.1 Å². The molecular weight excluding hydrogens is 994 g/mol. The molecule has 7 amide bonds. The van der Waals surface area contributed by atoms with Crippen LogP contribution in [0.2, 0.25) is 0 Å². The molecule has 3 heterocycles. The topological polar surface area (TPSA) is 255 Å². The van der Waals surface area contributed by atoms with Crippen molar-refractivity contribution >= 4 is 81.4 Å². The summed E-state index contributed by atoms with van der Waals surface area (Å²) >= 11 is 7.09. The van der Waals surface area contributed by atoms with Gasteiger partial charge in [-0.05, 0) is 92.0 Å².